The number of carboxylic acids is 1. The molecule has 2 aromatic carbocycles. The maximum absolute atomic E-state index is 12.8. The molecule has 62 heavy (non-hydrogen) atoms. The van der Waals surface area contributed by atoms with Gasteiger partial charge in [0.2, 0.25) is 11.7 Å². The molecule has 0 unspecified atom stereocenters. The highest BCUT2D eigenvalue weighted by Gasteiger charge is 2.48. The molecular weight excluding hydrogens is 816 g/mol. The van der Waals surface area contributed by atoms with Crippen molar-refractivity contribution < 1.29 is 33.8 Å². The van der Waals surface area contributed by atoms with Crippen molar-refractivity contribution in [2.24, 2.45) is 5.73 Å². The van der Waals surface area contributed by atoms with E-state index >= 15 is 0 Å². The van der Waals surface area contributed by atoms with Crippen LogP contribution >= 0.6 is 12.4 Å². The van der Waals surface area contributed by atoms with E-state index in [1.54, 1.807) is 63.1 Å². The van der Waals surface area contributed by atoms with E-state index in [-0.39, 0.29) is 59.9 Å². The quantitative estimate of drug-likeness (QED) is 0.150. The number of rotatable bonds is 7. The van der Waals surface area contributed by atoms with E-state index in [0.29, 0.717) is 23.1 Å². The number of aromatic carboxylic acids is 1. The minimum Gasteiger partial charge on any atom is -0.488 e. The summed E-state index contributed by atoms with van der Waals surface area (Å²) in [5.74, 6) is 0.311. The number of aromatic amines is 2. The number of carbonyl (C=O) groups excluding carboxylic acids is 3. The van der Waals surface area contributed by atoms with Gasteiger partial charge in [-0.05, 0) is 61.1 Å². The zero-order chi connectivity index (χ0) is 42.7. The van der Waals surface area contributed by atoms with Crippen molar-refractivity contribution in [2.45, 2.75) is 48.6 Å². The van der Waals surface area contributed by atoms with Gasteiger partial charge in [-0.2, -0.15) is 0 Å². The Morgan fingerprint density at radius 2 is 1.16 bits per heavy atom. The Labute approximate surface area is 362 Å². The number of ether oxygens (including phenoxy) is 2. The van der Waals surface area contributed by atoms with Crippen LogP contribution in [-0.2, 0) is 20.4 Å². The van der Waals surface area contributed by atoms with Gasteiger partial charge in [0.05, 0.1) is 0 Å². The number of carbonyl (C=O) groups is 4. The molecule has 320 valence electrons. The number of halogens is 1. The van der Waals surface area contributed by atoms with E-state index in [1.165, 1.54) is 20.9 Å². The number of hydrogen-bond donors (Lipinski definition) is 5. The number of aromatic nitrogens is 6. The molecule has 17 nitrogen and oxygen atoms in total. The van der Waals surface area contributed by atoms with Gasteiger partial charge in [-0.25, -0.2) is 24.7 Å². The molecule has 3 amide bonds. The van der Waals surface area contributed by atoms with Crippen molar-refractivity contribution in [3.8, 4) is 11.5 Å². The molecule has 6 N–H and O–H groups in total. The summed E-state index contributed by atoms with van der Waals surface area (Å²) < 4.78 is 11.0. The summed E-state index contributed by atoms with van der Waals surface area (Å²) in [7, 11) is 3.26. The normalized spacial score (nSPS) is 18.8. The highest BCUT2D eigenvalue weighted by atomic mass is 35.5. The average molecular weight is 861 g/mol. The third-order valence-electron chi connectivity index (χ3n) is 11.3. The van der Waals surface area contributed by atoms with Crippen LogP contribution in [0.15, 0.2) is 110 Å². The first-order valence-electron chi connectivity index (χ1n) is 19.7. The van der Waals surface area contributed by atoms with Crippen molar-refractivity contribution in [1.82, 2.24) is 35.2 Å². The number of hydrogen-bond acceptors (Lipinski definition) is 11. The first kappa shape index (κ1) is 43.0. The maximum atomic E-state index is 12.8. The van der Waals surface area contributed by atoms with Gasteiger partial charge in [0.15, 0.2) is 29.0 Å². The van der Waals surface area contributed by atoms with Crippen LogP contribution in [0.2, 0.25) is 0 Å². The summed E-state index contributed by atoms with van der Waals surface area (Å²) in [6.45, 7) is 0.219. The Morgan fingerprint density at radius 3 is 1.65 bits per heavy atom. The van der Waals surface area contributed by atoms with Gasteiger partial charge in [-0.15, -0.1) is 12.4 Å². The summed E-state index contributed by atoms with van der Waals surface area (Å²) in [5.41, 5.74) is 9.70. The molecule has 4 aromatic heterocycles. The molecule has 2 aliphatic heterocycles. The van der Waals surface area contributed by atoms with Gasteiger partial charge in [-0.1, -0.05) is 60.7 Å². The van der Waals surface area contributed by atoms with Crippen molar-refractivity contribution in [1.29, 1.82) is 0 Å². The van der Waals surface area contributed by atoms with Crippen molar-refractivity contribution in [3.63, 3.8) is 0 Å². The van der Waals surface area contributed by atoms with Crippen LogP contribution < -0.4 is 30.3 Å². The number of fused-ring (bicyclic) bond motifs is 2. The molecule has 4 aliphatic rings. The number of nitrogens with two attached hydrogens (primary N) is 1. The van der Waals surface area contributed by atoms with E-state index in [1.807, 2.05) is 36.4 Å². The van der Waals surface area contributed by atoms with Crippen LogP contribution in [0.3, 0.4) is 0 Å². The number of nitrogens with zero attached hydrogens (tertiary/aromatic N) is 6. The second-order valence-corrected chi connectivity index (χ2v) is 15.2. The van der Waals surface area contributed by atoms with Crippen LogP contribution in [0, 0.1) is 0 Å². The van der Waals surface area contributed by atoms with Gasteiger partial charge < -0.3 is 35.6 Å². The monoisotopic (exact) mass is 860 g/mol. The van der Waals surface area contributed by atoms with Crippen molar-refractivity contribution >= 4 is 47.7 Å². The summed E-state index contributed by atoms with van der Waals surface area (Å²) in [5, 5.41) is 11.6. The minimum absolute atomic E-state index is 0. The fourth-order valence-corrected chi connectivity index (χ4v) is 7.55. The highest BCUT2D eigenvalue weighted by Crippen LogP contribution is 2.53. The van der Waals surface area contributed by atoms with E-state index < -0.39 is 24.0 Å². The first-order chi connectivity index (χ1) is 29.5. The Morgan fingerprint density at radius 1 is 0.694 bits per heavy atom. The molecule has 2 atom stereocenters. The average Bonchev–Trinajstić information content (AvgIpc) is 4.19. The second-order valence-electron chi connectivity index (χ2n) is 15.2. The predicted octanol–water partition coefficient (Wildman–Crippen LogP) is 4.41. The van der Waals surface area contributed by atoms with E-state index in [4.69, 9.17) is 20.3 Å². The number of nitrogens with one attached hydrogen (secondary N) is 3. The summed E-state index contributed by atoms with van der Waals surface area (Å²) >= 11 is 0. The van der Waals surface area contributed by atoms with Crippen molar-refractivity contribution in [3.05, 3.63) is 144 Å². The lowest BCUT2D eigenvalue weighted by atomic mass is 9.93. The lowest BCUT2D eigenvalue weighted by Crippen LogP contribution is -2.49. The number of carboxylic acid groups (broad SMARTS) is 1. The summed E-state index contributed by atoms with van der Waals surface area (Å²) in [4.78, 5) is 73.3. The summed E-state index contributed by atoms with van der Waals surface area (Å²) in [6, 6.07) is 25.9. The lowest BCUT2D eigenvalue weighted by molar-refractivity contribution is -0.121. The Balaban J connectivity index is 0.000000153. The topological polar surface area (TPSA) is 235 Å². The molecule has 0 radical (unpaired) electrons. The maximum Gasteiger partial charge on any atom is 0.371 e. The molecule has 6 aromatic rings. The van der Waals surface area contributed by atoms with Gasteiger partial charge in [0.25, 0.3) is 11.8 Å². The second kappa shape index (κ2) is 17.9. The van der Waals surface area contributed by atoms with Crippen LogP contribution in [0.25, 0.3) is 0 Å². The molecule has 2 aliphatic carbocycles. The van der Waals surface area contributed by atoms with Crippen molar-refractivity contribution in [2.75, 3.05) is 37.1 Å². The summed E-state index contributed by atoms with van der Waals surface area (Å²) in [6.07, 6.45) is 10.7. The molecule has 0 spiro atoms. The molecule has 10 rings (SSSR count). The molecule has 0 bridgehead atoms. The zero-order valence-electron chi connectivity index (χ0n) is 33.9. The fraction of sp³-hybridized carbons (Fsp3) is 0.273. The van der Waals surface area contributed by atoms with Crippen LogP contribution in [0.1, 0.15) is 69.4 Å². The number of benzene rings is 2. The highest BCUT2D eigenvalue weighted by molar-refractivity contribution is 6.02. The Hall–Kier alpha value is -7.11. The van der Waals surface area contributed by atoms with Crippen LogP contribution in [-0.4, -0.2) is 98.1 Å². The first-order valence-corrected chi connectivity index (χ1v) is 19.7. The smallest absolute Gasteiger partial charge is 0.371 e. The standard InChI is InChI=1S/C22H21N5O3.C13H12N2O2.C9H11N3O2.ClH/c1-27-19-16(8-5-11-23-19)30-13-15(21(27)29)25-20(28)18-24-12-17(26-18)22(9-10-22)14-6-3-2-4-7-14;16-12(17)11-14-8-10(15-11)13(6-7-13)9-4-2-1-3-5-9;1-12-8-7(3-2-4-11-8)14-5-6(10)9(12)13;/h2-8,11-12,15H,9-10,13H2,1H3,(H,24,26)(H,25,28);1-5,8H,6-7H2,(H,14,15)(H,16,17);2-4,6H,5,10H2,1H3;1H/t15-;;6-;/m0.0./s1. The number of H-pyrrole nitrogens is 2. The number of pyridine rings is 2. The largest absolute Gasteiger partial charge is 0.488 e. The number of amides is 3. The molecular formula is C44H45ClN10O7. The minimum atomic E-state index is -1.01. The Kier molecular flexibility index (Phi) is 12.4. The van der Waals surface area contributed by atoms with E-state index in [9.17, 15) is 19.2 Å². The SMILES string of the molecule is CN1C(=O)[C@@H](N)COc2cccnc21.CN1C(=O)[C@@H](NC(=O)c2ncc(C3(c4ccccc4)CC3)[nH]2)COc2cccnc21.Cl.O=C(O)c1ncc(C2(c3ccccc3)CC2)[nH]1. The van der Waals surface area contributed by atoms with Crippen LogP contribution in [0.5, 0.6) is 11.5 Å². The van der Waals surface area contributed by atoms with Crippen LogP contribution in [0.4, 0.5) is 11.6 Å². The zero-order valence-corrected chi connectivity index (χ0v) is 34.7. The van der Waals surface area contributed by atoms with Gasteiger partial charge in [0, 0.05) is 61.1 Å². The molecule has 0 saturated heterocycles. The van der Waals surface area contributed by atoms with Gasteiger partial charge >= 0.3 is 5.97 Å². The van der Waals surface area contributed by atoms with E-state index in [0.717, 1.165) is 37.1 Å². The molecule has 2 fully saturated rings. The van der Waals surface area contributed by atoms with Gasteiger partial charge in [0.1, 0.15) is 25.3 Å². The van der Waals surface area contributed by atoms with Gasteiger partial charge in [-0.3, -0.25) is 24.2 Å². The number of anilines is 2. The molecule has 18 heteroatoms. The number of likely N-dealkylation sites (N-methyl/N-ethyl adjacent to an activating group) is 2. The third kappa shape index (κ3) is 8.57. The fourth-order valence-electron chi connectivity index (χ4n) is 7.55. The third-order valence-corrected chi connectivity index (χ3v) is 11.3. The molecule has 2 saturated carbocycles. The Bertz CT molecular complexity index is 2560. The predicted molar refractivity (Wildman–Crippen MR) is 230 cm³/mol. The molecule has 6 heterocycles. The number of imidazole rings is 2. The van der Waals surface area contributed by atoms with E-state index in [2.05, 4.69) is 59.5 Å². The lowest BCUT2D eigenvalue weighted by Gasteiger charge is -2.19.